The summed E-state index contributed by atoms with van der Waals surface area (Å²) in [7, 11) is 1.71. The predicted octanol–water partition coefficient (Wildman–Crippen LogP) is 3.43. The van der Waals surface area contributed by atoms with Crippen LogP contribution in [0.4, 0.5) is 5.82 Å². The minimum atomic E-state index is 0.670. The van der Waals surface area contributed by atoms with Crippen LogP contribution >= 0.6 is 11.3 Å². The van der Waals surface area contributed by atoms with Gasteiger partial charge >= 0.3 is 0 Å². The minimum Gasteiger partial charge on any atom is -0.383 e. The van der Waals surface area contributed by atoms with E-state index in [9.17, 15) is 0 Å². The van der Waals surface area contributed by atoms with Crippen LogP contribution in [-0.4, -0.2) is 29.6 Å². The van der Waals surface area contributed by atoms with Gasteiger partial charge in [-0.15, -0.1) is 11.3 Å². The second kappa shape index (κ2) is 5.64. The molecule has 0 atom stereocenters. The fourth-order valence-electron chi connectivity index (χ4n) is 2.18. The van der Waals surface area contributed by atoms with Gasteiger partial charge in [0.1, 0.15) is 17.2 Å². The average molecular weight is 287 g/mol. The van der Waals surface area contributed by atoms with Crippen molar-refractivity contribution in [3.8, 4) is 10.6 Å². The molecule has 104 valence electrons. The first kappa shape index (κ1) is 13.1. The van der Waals surface area contributed by atoms with E-state index in [0.717, 1.165) is 23.7 Å². The molecule has 5 heteroatoms. The molecule has 0 unspecified atom stereocenters. The third kappa shape index (κ3) is 2.42. The van der Waals surface area contributed by atoms with Crippen LogP contribution in [-0.2, 0) is 4.74 Å². The Labute approximate surface area is 122 Å². The average Bonchev–Trinajstić information content (AvgIpc) is 3.07. The number of hydrogen-bond acceptors (Lipinski definition) is 4. The van der Waals surface area contributed by atoms with E-state index in [-0.39, 0.29) is 0 Å². The van der Waals surface area contributed by atoms with Crippen LogP contribution in [0.25, 0.3) is 16.2 Å². The molecule has 0 fully saturated rings. The molecule has 0 aromatic carbocycles. The molecule has 0 aliphatic carbocycles. The van der Waals surface area contributed by atoms with E-state index in [1.54, 1.807) is 18.4 Å². The Hall–Kier alpha value is -1.85. The molecule has 0 saturated carbocycles. The van der Waals surface area contributed by atoms with Crippen LogP contribution in [0.2, 0.25) is 0 Å². The second-order valence-corrected chi connectivity index (χ2v) is 5.59. The largest absolute Gasteiger partial charge is 0.383 e. The monoisotopic (exact) mass is 287 g/mol. The fourth-order valence-corrected chi connectivity index (χ4v) is 2.89. The number of anilines is 1. The zero-order valence-electron chi connectivity index (χ0n) is 11.6. The number of thiophene rings is 1. The maximum Gasteiger partial charge on any atom is 0.139 e. The van der Waals surface area contributed by atoms with Gasteiger partial charge in [-0.2, -0.15) is 0 Å². The van der Waals surface area contributed by atoms with Crippen LogP contribution < -0.4 is 5.32 Å². The van der Waals surface area contributed by atoms with Crippen molar-refractivity contribution in [1.29, 1.82) is 0 Å². The van der Waals surface area contributed by atoms with E-state index in [2.05, 4.69) is 40.4 Å². The van der Waals surface area contributed by atoms with Gasteiger partial charge in [-0.1, -0.05) is 12.1 Å². The number of aryl methyl sites for hydroxylation is 1. The quantitative estimate of drug-likeness (QED) is 0.731. The summed E-state index contributed by atoms with van der Waals surface area (Å²) in [6, 6.07) is 8.28. The molecule has 3 aromatic rings. The number of imidazole rings is 1. The van der Waals surface area contributed by atoms with Crippen molar-refractivity contribution >= 4 is 22.8 Å². The Balaban J connectivity index is 2.10. The predicted molar refractivity (Wildman–Crippen MR) is 83.6 cm³/mol. The summed E-state index contributed by atoms with van der Waals surface area (Å²) in [5.41, 5.74) is 3.17. The Morgan fingerprint density at radius 1 is 1.35 bits per heavy atom. The van der Waals surface area contributed by atoms with Crippen molar-refractivity contribution in [2.24, 2.45) is 0 Å². The summed E-state index contributed by atoms with van der Waals surface area (Å²) >= 11 is 1.70. The first-order valence-corrected chi connectivity index (χ1v) is 7.43. The van der Waals surface area contributed by atoms with Gasteiger partial charge in [0.05, 0.1) is 11.5 Å². The molecule has 20 heavy (non-hydrogen) atoms. The van der Waals surface area contributed by atoms with E-state index >= 15 is 0 Å². The van der Waals surface area contributed by atoms with Gasteiger partial charge in [-0.3, -0.25) is 4.40 Å². The minimum absolute atomic E-state index is 0.670. The second-order valence-electron chi connectivity index (χ2n) is 4.64. The smallest absolute Gasteiger partial charge is 0.139 e. The molecule has 3 rings (SSSR count). The molecule has 0 amide bonds. The molecule has 3 heterocycles. The number of rotatable bonds is 5. The van der Waals surface area contributed by atoms with E-state index in [1.165, 1.54) is 10.4 Å². The molecular formula is C15H17N3OS. The van der Waals surface area contributed by atoms with Crippen molar-refractivity contribution in [3.63, 3.8) is 0 Å². The Morgan fingerprint density at radius 3 is 3.00 bits per heavy atom. The van der Waals surface area contributed by atoms with E-state index in [0.29, 0.717) is 6.61 Å². The SMILES string of the molecule is COCCNc1c(-c2cccs2)nc2ccc(C)cn12. The Morgan fingerprint density at radius 2 is 2.25 bits per heavy atom. The highest BCUT2D eigenvalue weighted by Gasteiger charge is 2.14. The van der Waals surface area contributed by atoms with Gasteiger partial charge in [-0.25, -0.2) is 4.98 Å². The number of ether oxygens (including phenoxy) is 1. The summed E-state index contributed by atoms with van der Waals surface area (Å²) in [5, 5.41) is 5.51. The highest BCUT2D eigenvalue weighted by molar-refractivity contribution is 7.13. The zero-order valence-corrected chi connectivity index (χ0v) is 12.4. The van der Waals surface area contributed by atoms with Gasteiger partial charge in [-0.05, 0) is 30.0 Å². The summed E-state index contributed by atoms with van der Waals surface area (Å²) in [6.07, 6.45) is 2.11. The molecule has 0 bridgehead atoms. The third-order valence-electron chi connectivity index (χ3n) is 3.12. The molecule has 1 N–H and O–H groups in total. The van der Waals surface area contributed by atoms with Gasteiger partial charge in [0.15, 0.2) is 0 Å². The molecule has 3 aromatic heterocycles. The van der Waals surface area contributed by atoms with Crippen LogP contribution in [0, 0.1) is 6.92 Å². The van der Waals surface area contributed by atoms with Crippen molar-refractivity contribution in [3.05, 3.63) is 41.4 Å². The van der Waals surface area contributed by atoms with E-state index in [1.807, 2.05) is 12.1 Å². The Kier molecular flexibility index (Phi) is 3.71. The molecular weight excluding hydrogens is 270 g/mol. The van der Waals surface area contributed by atoms with Crippen molar-refractivity contribution in [2.45, 2.75) is 6.92 Å². The molecule has 0 radical (unpaired) electrons. The number of methoxy groups -OCH3 is 1. The lowest BCUT2D eigenvalue weighted by Crippen LogP contribution is -2.10. The van der Waals surface area contributed by atoms with Gasteiger partial charge in [0.25, 0.3) is 0 Å². The van der Waals surface area contributed by atoms with Crippen LogP contribution in [0.1, 0.15) is 5.56 Å². The number of nitrogens with one attached hydrogen (secondary N) is 1. The maximum atomic E-state index is 5.12. The van der Waals surface area contributed by atoms with Crippen LogP contribution in [0.15, 0.2) is 35.8 Å². The van der Waals surface area contributed by atoms with Crippen LogP contribution in [0.5, 0.6) is 0 Å². The highest BCUT2D eigenvalue weighted by atomic mass is 32.1. The molecule has 0 saturated heterocycles. The standard InChI is InChI=1S/C15H17N3OS/c1-11-5-6-13-17-14(12-4-3-9-20-12)15(18(13)10-11)16-7-8-19-2/h3-6,9-10,16H,7-8H2,1-2H3. The summed E-state index contributed by atoms with van der Waals surface area (Å²) in [4.78, 5) is 5.92. The third-order valence-corrected chi connectivity index (χ3v) is 4.00. The Bertz CT molecular complexity index is 703. The normalized spacial score (nSPS) is 11.1. The number of aromatic nitrogens is 2. The van der Waals surface area contributed by atoms with E-state index in [4.69, 9.17) is 9.72 Å². The number of fused-ring (bicyclic) bond motifs is 1. The number of hydrogen-bond donors (Lipinski definition) is 1. The number of pyridine rings is 1. The summed E-state index contributed by atoms with van der Waals surface area (Å²) in [6.45, 7) is 3.52. The first-order chi connectivity index (χ1) is 9.79. The lowest BCUT2D eigenvalue weighted by atomic mass is 10.3. The summed E-state index contributed by atoms with van der Waals surface area (Å²) < 4.78 is 7.23. The summed E-state index contributed by atoms with van der Waals surface area (Å²) in [5.74, 6) is 1.03. The zero-order chi connectivity index (χ0) is 13.9. The van der Waals surface area contributed by atoms with Gasteiger partial charge in [0.2, 0.25) is 0 Å². The maximum absolute atomic E-state index is 5.12. The molecule has 4 nitrogen and oxygen atoms in total. The van der Waals surface area contributed by atoms with Gasteiger partial charge < -0.3 is 10.1 Å². The first-order valence-electron chi connectivity index (χ1n) is 6.55. The van der Waals surface area contributed by atoms with Gasteiger partial charge in [0, 0.05) is 19.9 Å². The van der Waals surface area contributed by atoms with Crippen molar-refractivity contribution < 1.29 is 4.74 Å². The van der Waals surface area contributed by atoms with Crippen LogP contribution in [0.3, 0.4) is 0 Å². The lowest BCUT2D eigenvalue weighted by molar-refractivity contribution is 0.210. The highest BCUT2D eigenvalue weighted by Crippen LogP contribution is 2.31. The van der Waals surface area contributed by atoms with Crippen molar-refractivity contribution in [2.75, 3.05) is 25.6 Å². The topological polar surface area (TPSA) is 38.6 Å². The molecule has 0 spiro atoms. The lowest BCUT2D eigenvalue weighted by Gasteiger charge is -2.07. The van der Waals surface area contributed by atoms with Crippen molar-refractivity contribution in [1.82, 2.24) is 9.38 Å². The van der Waals surface area contributed by atoms with E-state index < -0.39 is 0 Å². The fraction of sp³-hybridized carbons (Fsp3) is 0.267. The molecule has 0 aliphatic heterocycles. The number of nitrogens with zero attached hydrogens (tertiary/aromatic N) is 2. The molecule has 0 aliphatic rings.